The highest BCUT2D eigenvalue weighted by atomic mass is 35.5. The zero-order valence-electron chi connectivity index (χ0n) is 13.8. The zero-order valence-corrected chi connectivity index (χ0v) is 15.4. The van der Waals surface area contributed by atoms with Crippen LogP contribution in [0.4, 0.5) is 5.69 Å². The van der Waals surface area contributed by atoms with Crippen molar-refractivity contribution in [2.45, 2.75) is 6.92 Å². The lowest BCUT2D eigenvalue weighted by molar-refractivity contribution is -0.137. The summed E-state index contributed by atoms with van der Waals surface area (Å²) in [7, 11) is 1.53. The zero-order chi connectivity index (χ0) is 18.0. The molecule has 0 radical (unpaired) electrons. The largest absolute Gasteiger partial charge is 0.383 e. The molecule has 1 aliphatic rings. The third kappa shape index (κ3) is 3.46. The number of rotatable bonds is 6. The molecule has 0 bridgehead atoms. The van der Waals surface area contributed by atoms with Crippen molar-refractivity contribution >= 4 is 46.0 Å². The van der Waals surface area contributed by atoms with Crippen molar-refractivity contribution in [1.29, 1.82) is 0 Å². The molecule has 1 N–H and O–H groups in total. The molecule has 1 aromatic heterocycles. The minimum Gasteiger partial charge on any atom is -0.383 e. The number of nitrogens with one attached hydrogen (secondary N) is 1. The maximum Gasteiger partial charge on any atom is 0.278 e. The van der Waals surface area contributed by atoms with Crippen LogP contribution in [0.5, 0.6) is 0 Å². The van der Waals surface area contributed by atoms with Gasteiger partial charge in [-0.05, 0) is 36.1 Å². The van der Waals surface area contributed by atoms with Crippen molar-refractivity contribution in [3.05, 3.63) is 56.9 Å². The van der Waals surface area contributed by atoms with E-state index in [1.165, 1.54) is 23.3 Å². The average Bonchev–Trinajstić information content (AvgIpc) is 3.18. The summed E-state index contributed by atoms with van der Waals surface area (Å²) in [5.74, 6) is -0.674. The number of hydrogen-bond donors (Lipinski definition) is 1. The van der Waals surface area contributed by atoms with Gasteiger partial charge in [0.1, 0.15) is 5.70 Å². The van der Waals surface area contributed by atoms with Crippen LogP contribution in [0.3, 0.4) is 0 Å². The Morgan fingerprint density at radius 1 is 1.24 bits per heavy atom. The molecule has 25 heavy (non-hydrogen) atoms. The average molecular weight is 377 g/mol. The number of imide groups is 1. The summed E-state index contributed by atoms with van der Waals surface area (Å²) in [6.07, 6.45) is 0. The minimum absolute atomic E-state index is 0.211. The summed E-state index contributed by atoms with van der Waals surface area (Å²) < 4.78 is 5.01. The van der Waals surface area contributed by atoms with Crippen molar-refractivity contribution in [1.82, 2.24) is 4.90 Å². The maximum absolute atomic E-state index is 12.8. The van der Waals surface area contributed by atoms with Crippen molar-refractivity contribution in [3.8, 4) is 0 Å². The highest BCUT2D eigenvalue weighted by Gasteiger charge is 2.39. The first kappa shape index (κ1) is 17.7. The first-order chi connectivity index (χ1) is 12.0. The van der Waals surface area contributed by atoms with Crippen molar-refractivity contribution < 1.29 is 14.3 Å². The number of carbonyl (C=O) groups excluding carboxylic acids is 2. The number of ether oxygens (including phenoxy) is 1. The van der Waals surface area contributed by atoms with Gasteiger partial charge in [-0.25, -0.2) is 0 Å². The van der Waals surface area contributed by atoms with Crippen LogP contribution in [0, 0.1) is 6.92 Å². The van der Waals surface area contributed by atoms with Gasteiger partial charge < -0.3 is 10.1 Å². The highest BCUT2D eigenvalue weighted by molar-refractivity contribution is 7.11. The second-order valence-electron chi connectivity index (χ2n) is 5.57. The monoisotopic (exact) mass is 376 g/mol. The molecule has 0 saturated carbocycles. The quantitative estimate of drug-likeness (QED) is 0.783. The number of carbonyl (C=O) groups is 2. The van der Waals surface area contributed by atoms with Gasteiger partial charge in [-0.3, -0.25) is 14.5 Å². The smallest absolute Gasteiger partial charge is 0.278 e. The van der Waals surface area contributed by atoms with Crippen LogP contribution in [0.1, 0.15) is 10.4 Å². The van der Waals surface area contributed by atoms with Crippen LogP contribution in [0.2, 0.25) is 5.02 Å². The van der Waals surface area contributed by atoms with Gasteiger partial charge in [0.05, 0.1) is 18.7 Å². The molecule has 0 saturated heterocycles. The molecule has 1 aliphatic heterocycles. The van der Waals surface area contributed by atoms with Crippen LogP contribution in [0.15, 0.2) is 41.4 Å². The van der Waals surface area contributed by atoms with E-state index in [0.717, 1.165) is 10.4 Å². The number of nitrogens with zero attached hydrogens (tertiary/aromatic N) is 1. The topological polar surface area (TPSA) is 58.6 Å². The SMILES string of the molecule is COCCN1C(=O)C(Nc2ccc(C)c(Cl)c2)=C(c2cccs2)C1=O. The summed E-state index contributed by atoms with van der Waals surface area (Å²) in [5, 5.41) is 5.55. The van der Waals surface area contributed by atoms with Gasteiger partial charge in [0, 0.05) is 22.7 Å². The summed E-state index contributed by atoms with van der Waals surface area (Å²) >= 11 is 7.58. The molecule has 130 valence electrons. The molecule has 0 spiro atoms. The Labute approximate surface area is 154 Å². The lowest BCUT2D eigenvalue weighted by Gasteiger charge is -2.14. The Balaban J connectivity index is 1.99. The third-order valence-corrected chi connectivity index (χ3v) is 5.19. The fourth-order valence-electron chi connectivity index (χ4n) is 2.54. The first-order valence-electron chi connectivity index (χ1n) is 7.69. The molecule has 3 rings (SSSR count). The summed E-state index contributed by atoms with van der Waals surface area (Å²) in [6, 6.07) is 9.11. The van der Waals surface area contributed by atoms with Crippen LogP contribution < -0.4 is 5.32 Å². The summed E-state index contributed by atoms with van der Waals surface area (Å²) in [6.45, 7) is 2.40. The van der Waals surface area contributed by atoms with Crippen molar-refractivity contribution in [3.63, 3.8) is 0 Å². The Morgan fingerprint density at radius 2 is 2.04 bits per heavy atom. The number of methoxy groups -OCH3 is 1. The van der Waals surface area contributed by atoms with Gasteiger partial charge in [-0.15, -0.1) is 11.3 Å². The molecule has 0 fully saturated rings. The lowest BCUT2D eigenvalue weighted by Crippen LogP contribution is -2.35. The molecule has 7 heteroatoms. The van der Waals surface area contributed by atoms with E-state index >= 15 is 0 Å². The summed E-state index contributed by atoms with van der Waals surface area (Å²) in [4.78, 5) is 27.5. The molecule has 2 aromatic rings. The summed E-state index contributed by atoms with van der Waals surface area (Å²) in [5.41, 5.74) is 2.25. The Bertz CT molecular complexity index is 846. The molecule has 0 unspecified atom stereocenters. The molecule has 0 atom stereocenters. The normalized spacial score (nSPS) is 14.6. The van der Waals surface area contributed by atoms with Gasteiger partial charge in [0.15, 0.2) is 0 Å². The Hall–Kier alpha value is -2.15. The van der Waals surface area contributed by atoms with Crippen molar-refractivity contribution in [2.24, 2.45) is 0 Å². The lowest BCUT2D eigenvalue weighted by atomic mass is 10.1. The van der Waals surface area contributed by atoms with Gasteiger partial charge in [0.25, 0.3) is 11.8 Å². The van der Waals surface area contributed by atoms with E-state index in [2.05, 4.69) is 5.32 Å². The third-order valence-electron chi connectivity index (χ3n) is 3.90. The number of amides is 2. The maximum atomic E-state index is 12.8. The van der Waals surface area contributed by atoms with E-state index in [1.54, 1.807) is 6.07 Å². The second-order valence-corrected chi connectivity index (χ2v) is 6.93. The predicted octanol–water partition coefficient (Wildman–Crippen LogP) is 3.55. The number of thiophene rings is 1. The van der Waals surface area contributed by atoms with Crippen LogP contribution >= 0.6 is 22.9 Å². The van der Waals surface area contributed by atoms with E-state index < -0.39 is 0 Å². The molecule has 2 heterocycles. The van der Waals surface area contributed by atoms with Crippen molar-refractivity contribution in [2.75, 3.05) is 25.6 Å². The van der Waals surface area contributed by atoms with Crippen LogP contribution in [0.25, 0.3) is 5.57 Å². The predicted molar refractivity (Wildman–Crippen MR) is 99.6 cm³/mol. The van der Waals surface area contributed by atoms with E-state index in [4.69, 9.17) is 16.3 Å². The molecule has 0 aliphatic carbocycles. The molecular weight excluding hydrogens is 360 g/mol. The number of benzene rings is 1. The second kappa shape index (κ2) is 7.39. The molecule has 1 aromatic carbocycles. The fourth-order valence-corrected chi connectivity index (χ4v) is 3.49. The minimum atomic E-state index is -0.359. The van der Waals surface area contributed by atoms with E-state index in [1.807, 2.05) is 36.6 Å². The Kier molecular flexibility index (Phi) is 5.22. The molecule has 2 amide bonds. The van der Waals surface area contributed by atoms with E-state index in [-0.39, 0.29) is 24.1 Å². The number of aryl methyl sites for hydroxylation is 1. The van der Waals surface area contributed by atoms with Gasteiger partial charge >= 0.3 is 0 Å². The van der Waals surface area contributed by atoms with E-state index in [9.17, 15) is 9.59 Å². The standard InChI is InChI=1S/C18H17ClN2O3S/c1-11-5-6-12(10-13(11)19)20-16-15(14-4-3-9-25-14)17(22)21(18(16)23)7-8-24-2/h3-6,9-10,20H,7-8H2,1-2H3. The van der Waals surface area contributed by atoms with E-state index in [0.29, 0.717) is 22.9 Å². The fraction of sp³-hybridized carbons (Fsp3) is 0.222. The number of halogens is 1. The molecule has 5 nitrogen and oxygen atoms in total. The first-order valence-corrected chi connectivity index (χ1v) is 8.95. The number of anilines is 1. The van der Waals surface area contributed by atoms with Gasteiger partial charge in [0.2, 0.25) is 0 Å². The van der Waals surface area contributed by atoms with Crippen LogP contribution in [-0.2, 0) is 14.3 Å². The Morgan fingerprint density at radius 3 is 2.68 bits per heavy atom. The van der Waals surface area contributed by atoms with Gasteiger partial charge in [-0.1, -0.05) is 23.7 Å². The highest BCUT2D eigenvalue weighted by Crippen LogP contribution is 2.33. The van der Waals surface area contributed by atoms with Crippen LogP contribution in [-0.4, -0.2) is 37.0 Å². The van der Waals surface area contributed by atoms with Gasteiger partial charge in [-0.2, -0.15) is 0 Å². The molecular formula is C18H17ClN2O3S. The number of hydrogen-bond acceptors (Lipinski definition) is 5.